The molecule has 130 valence electrons. The van der Waals surface area contributed by atoms with Crippen LogP contribution in [0.5, 0.6) is 0 Å². The number of nitrogens with one attached hydrogen (secondary N) is 2. The summed E-state index contributed by atoms with van der Waals surface area (Å²) in [7, 11) is 0. The van der Waals surface area contributed by atoms with Crippen molar-refractivity contribution in [2.24, 2.45) is 0 Å². The smallest absolute Gasteiger partial charge is 0.255 e. The summed E-state index contributed by atoms with van der Waals surface area (Å²) in [5.74, 6) is -0.495. The molecule has 5 heteroatoms. The quantitative estimate of drug-likeness (QED) is 0.742. The fourth-order valence-electron chi connectivity index (χ4n) is 2.55. The normalized spacial score (nSPS) is 10.2. The van der Waals surface area contributed by atoms with E-state index in [-0.39, 0.29) is 11.8 Å². The van der Waals surface area contributed by atoms with Gasteiger partial charge in [0.1, 0.15) is 0 Å². The number of pyridine rings is 1. The summed E-state index contributed by atoms with van der Waals surface area (Å²) in [4.78, 5) is 29.0. The zero-order valence-electron chi connectivity index (χ0n) is 14.4. The topological polar surface area (TPSA) is 71.1 Å². The lowest BCUT2D eigenvalue weighted by Gasteiger charge is -2.12. The van der Waals surface area contributed by atoms with Crippen LogP contribution in [0.2, 0.25) is 0 Å². The maximum Gasteiger partial charge on any atom is 0.255 e. The predicted molar refractivity (Wildman–Crippen MR) is 101 cm³/mol. The van der Waals surface area contributed by atoms with Crippen molar-refractivity contribution < 1.29 is 9.59 Å². The minimum Gasteiger partial charge on any atom is -0.348 e. The number of hydrogen-bond donors (Lipinski definition) is 2. The summed E-state index contributed by atoms with van der Waals surface area (Å²) in [5, 5.41) is 5.68. The molecule has 0 bridgehead atoms. The lowest BCUT2D eigenvalue weighted by atomic mass is 10.1. The number of para-hydroxylation sites is 1. The molecule has 0 fully saturated rings. The number of nitrogens with zero attached hydrogens (tertiary/aromatic N) is 1. The number of aryl methyl sites for hydroxylation is 1. The van der Waals surface area contributed by atoms with Gasteiger partial charge in [0.05, 0.1) is 11.3 Å². The Morgan fingerprint density at radius 3 is 2.46 bits per heavy atom. The van der Waals surface area contributed by atoms with Gasteiger partial charge in [0.15, 0.2) is 0 Å². The molecule has 0 saturated carbocycles. The SMILES string of the molecule is Cc1cccc(C(=O)Nc2ccccc2C(=O)NCc2ccncc2)c1. The summed E-state index contributed by atoms with van der Waals surface area (Å²) in [6.45, 7) is 2.32. The number of aromatic nitrogens is 1. The Kier molecular flexibility index (Phi) is 5.39. The van der Waals surface area contributed by atoms with Crippen LogP contribution in [-0.4, -0.2) is 16.8 Å². The molecule has 0 spiro atoms. The molecule has 0 unspecified atom stereocenters. The van der Waals surface area contributed by atoms with E-state index in [9.17, 15) is 9.59 Å². The van der Waals surface area contributed by atoms with Gasteiger partial charge in [-0.2, -0.15) is 0 Å². The van der Waals surface area contributed by atoms with Crippen LogP contribution in [0.25, 0.3) is 0 Å². The highest BCUT2D eigenvalue weighted by molar-refractivity contribution is 6.09. The van der Waals surface area contributed by atoms with E-state index >= 15 is 0 Å². The summed E-state index contributed by atoms with van der Waals surface area (Å²) in [5.41, 5.74) is 3.40. The Morgan fingerprint density at radius 2 is 1.69 bits per heavy atom. The maximum absolute atomic E-state index is 12.5. The largest absolute Gasteiger partial charge is 0.348 e. The second-order valence-corrected chi connectivity index (χ2v) is 5.91. The minimum atomic E-state index is -0.248. The van der Waals surface area contributed by atoms with Gasteiger partial charge in [0.2, 0.25) is 0 Å². The molecular weight excluding hydrogens is 326 g/mol. The Labute approximate surface area is 152 Å². The third-order valence-corrected chi connectivity index (χ3v) is 3.90. The van der Waals surface area contributed by atoms with Crippen LogP contribution in [0.15, 0.2) is 73.1 Å². The van der Waals surface area contributed by atoms with Crippen molar-refractivity contribution in [2.75, 3.05) is 5.32 Å². The number of hydrogen-bond acceptors (Lipinski definition) is 3. The third kappa shape index (κ3) is 4.33. The number of amides is 2. The van der Waals surface area contributed by atoms with Crippen molar-refractivity contribution in [3.63, 3.8) is 0 Å². The van der Waals surface area contributed by atoms with Gasteiger partial charge in [-0.15, -0.1) is 0 Å². The Morgan fingerprint density at radius 1 is 0.923 bits per heavy atom. The minimum absolute atomic E-state index is 0.247. The molecule has 0 aliphatic carbocycles. The molecule has 3 aromatic rings. The van der Waals surface area contributed by atoms with Crippen molar-refractivity contribution in [3.8, 4) is 0 Å². The summed E-state index contributed by atoms with van der Waals surface area (Å²) in [6.07, 6.45) is 3.36. The standard InChI is InChI=1S/C21H19N3O2/c1-15-5-4-6-17(13-15)20(25)24-19-8-3-2-7-18(19)21(26)23-14-16-9-11-22-12-10-16/h2-13H,14H2,1H3,(H,23,26)(H,24,25). The lowest BCUT2D eigenvalue weighted by molar-refractivity contribution is 0.0952. The average molecular weight is 345 g/mol. The van der Waals surface area contributed by atoms with Crippen molar-refractivity contribution in [2.45, 2.75) is 13.5 Å². The van der Waals surface area contributed by atoms with Crippen molar-refractivity contribution >= 4 is 17.5 Å². The van der Waals surface area contributed by atoms with E-state index in [1.54, 1.807) is 42.7 Å². The first-order valence-corrected chi connectivity index (χ1v) is 8.27. The molecule has 0 aliphatic heterocycles. The van der Waals surface area contributed by atoms with Crippen LogP contribution in [0.1, 0.15) is 31.8 Å². The number of benzene rings is 2. The third-order valence-electron chi connectivity index (χ3n) is 3.90. The van der Waals surface area contributed by atoms with Gasteiger partial charge in [-0.25, -0.2) is 0 Å². The zero-order chi connectivity index (χ0) is 18.4. The van der Waals surface area contributed by atoms with E-state index in [2.05, 4.69) is 15.6 Å². The first kappa shape index (κ1) is 17.4. The molecule has 1 heterocycles. The van der Waals surface area contributed by atoms with E-state index in [1.807, 2.05) is 37.3 Å². The van der Waals surface area contributed by atoms with Crippen LogP contribution < -0.4 is 10.6 Å². The molecule has 1 aromatic heterocycles. The van der Waals surface area contributed by atoms with Crippen molar-refractivity contribution in [3.05, 3.63) is 95.3 Å². The average Bonchev–Trinajstić information content (AvgIpc) is 2.67. The second-order valence-electron chi connectivity index (χ2n) is 5.91. The highest BCUT2D eigenvalue weighted by Crippen LogP contribution is 2.17. The second kappa shape index (κ2) is 8.07. The van der Waals surface area contributed by atoms with Crippen LogP contribution in [0.3, 0.4) is 0 Å². The first-order valence-electron chi connectivity index (χ1n) is 8.27. The Bertz CT molecular complexity index is 923. The summed E-state index contributed by atoms with van der Waals surface area (Å²) in [6, 6.07) is 17.9. The monoisotopic (exact) mass is 345 g/mol. The Balaban J connectivity index is 1.73. The lowest BCUT2D eigenvalue weighted by Crippen LogP contribution is -2.24. The molecule has 0 radical (unpaired) electrons. The molecule has 0 aliphatic rings. The van der Waals surface area contributed by atoms with E-state index in [0.29, 0.717) is 23.4 Å². The first-order chi connectivity index (χ1) is 12.6. The van der Waals surface area contributed by atoms with Gasteiger partial charge in [-0.3, -0.25) is 14.6 Å². The van der Waals surface area contributed by atoms with Crippen LogP contribution in [0.4, 0.5) is 5.69 Å². The number of carbonyl (C=O) groups excluding carboxylic acids is 2. The van der Waals surface area contributed by atoms with Crippen LogP contribution in [-0.2, 0) is 6.54 Å². The number of anilines is 1. The highest BCUT2D eigenvalue weighted by atomic mass is 16.2. The Hall–Kier alpha value is -3.47. The molecular formula is C21H19N3O2. The zero-order valence-corrected chi connectivity index (χ0v) is 14.4. The number of rotatable bonds is 5. The van der Waals surface area contributed by atoms with Gasteiger partial charge >= 0.3 is 0 Å². The highest BCUT2D eigenvalue weighted by Gasteiger charge is 2.14. The molecule has 2 amide bonds. The molecule has 5 nitrogen and oxygen atoms in total. The van der Waals surface area contributed by atoms with Gasteiger partial charge < -0.3 is 10.6 Å². The van der Waals surface area contributed by atoms with Gasteiger partial charge in [0, 0.05) is 24.5 Å². The predicted octanol–water partition coefficient (Wildman–Crippen LogP) is 3.57. The van der Waals surface area contributed by atoms with Gasteiger partial charge in [-0.05, 0) is 48.9 Å². The van der Waals surface area contributed by atoms with E-state index < -0.39 is 0 Å². The molecule has 2 N–H and O–H groups in total. The van der Waals surface area contributed by atoms with E-state index in [0.717, 1.165) is 11.1 Å². The molecule has 26 heavy (non-hydrogen) atoms. The summed E-state index contributed by atoms with van der Waals surface area (Å²) >= 11 is 0. The van der Waals surface area contributed by atoms with Gasteiger partial charge in [-0.1, -0.05) is 29.8 Å². The van der Waals surface area contributed by atoms with Crippen LogP contribution >= 0.6 is 0 Å². The fourth-order valence-corrected chi connectivity index (χ4v) is 2.55. The molecule has 3 rings (SSSR count). The molecule has 0 saturated heterocycles. The van der Waals surface area contributed by atoms with Crippen molar-refractivity contribution in [1.82, 2.24) is 10.3 Å². The molecule has 2 aromatic carbocycles. The number of carbonyl (C=O) groups is 2. The molecule has 0 atom stereocenters. The van der Waals surface area contributed by atoms with E-state index in [1.165, 1.54) is 0 Å². The van der Waals surface area contributed by atoms with Crippen molar-refractivity contribution in [1.29, 1.82) is 0 Å². The van der Waals surface area contributed by atoms with Gasteiger partial charge in [0.25, 0.3) is 11.8 Å². The van der Waals surface area contributed by atoms with Crippen LogP contribution in [0, 0.1) is 6.92 Å². The fraction of sp³-hybridized carbons (Fsp3) is 0.0952. The summed E-state index contributed by atoms with van der Waals surface area (Å²) < 4.78 is 0. The van der Waals surface area contributed by atoms with E-state index in [4.69, 9.17) is 0 Å². The maximum atomic E-state index is 12.5.